The van der Waals surface area contributed by atoms with Crippen LogP contribution in [-0.2, 0) is 18.0 Å². The average Bonchev–Trinajstić information content (AvgIpc) is 3.22. The molecule has 1 unspecified atom stereocenters. The second-order valence-corrected chi connectivity index (χ2v) is 7.34. The number of benzene rings is 2. The van der Waals surface area contributed by atoms with Crippen LogP contribution in [0.1, 0.15) is 29.4 Å². The minimum absolute atomic E-state index is 0.0383. The lowest BCUT2D eigenvalue weighted by Gasteiger charge is -2.20. The quantitative estimate of drug-likeness (QED) is 0.355. The fourth-order valence-electron chi connectivity index (χ4n) is 3.33. The van der Waals surface area contributed by atoms with Gasteiger partial charge >= 0.3 is 6.18 Å². The maximum atomic E-state index is 12.9. The number of halogens is 3. The molecule has 9 nitrogen and oxygen atoms in total. The van der Waals surface area contributed by atoms with E-state index in [1.807, 2.05) is 6.07 Å². The van der Waals surface area contributed by atoms with Crippen LogP contribution in [-0.4, -0.2) is 34.0 Å². The second-order valence-electron chi connectivity index (χ2n) is 7.34. The highest BCUT2D eigenvalue weighted by atomic mass is 19.4. The number of ether oxygens (including phenoxy) is 1. The number of aromatic nitrogens is 2. The Labute approximate surface area is 192 Å². The van der Waals surface area contributed by atoms with Gasteiger partial charge in [0.15, 0.2) is 0 Å². The summed E-state index contributed by atoms with van der Waals surface area (Å²) in [4.78, 5) is 27.3. The summed E-state index contributed by atoms with van der Waals surface area (Å²) in [6, 6.07) is 8.71. The van der Waals surface area contributed by atoms with Gasteiger partial charge in [-0.15, -0.1) is 0 Å². The fraction of sp³-hybridized carbons (Fsp3) is 0.273. The Morgan fingerprint density at radius 2 is 2.03 bits per heavy atom. The molecule has 2 N–H and O–H groups in total. The SMILES string of the molecule is COc1cccc(C(NC(=O)CCNc2ccc(C(F)(F)F)cc2[N+](=O)[O-])c2nccn2C)c1. The molecule has 1 amide bonds. The number of aryl methyl sites for hydroxylation is 1. The zero-order chi connectivity index (χ0) is 24.9. The van der Waals surface area contributed by atoms with Gasteiger partial charge in [0.25, 0.3) is 5.69 Å². The number of carbonyl (C=O) groups excluding carboxylic acids is 1. The average molecular weight is 477 g/mol. The number of amides is 1. The number of alkyl halides is 3. The first-order chi connectivity index (χ1) is 16.1. The number of imidazole rings is 1. The summed E-state index contributed by atoms with van der Waals surface area (Å²) in [6.45, 7) is -0.0383. The van der Waals surface area contributed by atoms with Gasteiger partial charge in [-0.05, 0) is 29.8 Å². The second kappa shape index (κ2) is 10.2. The van der Waals surface area contributed by atoms with Gasteiger partial charge < -0.3 is 19.9 Å². The molecule has 0 bridgehead atoms. The van der Waals surface area contributed by atoms with Crippen molar-refractivity contribution in [1.29, 1.82) is 0 Å². The minimum atomic E-state index is -4.71. The summed E-state index contributed by atoms with van der Waals surface area (Å²) in [5.41, 5.74) is -1.23. The molecule has 0 fully saturated rings. The molecule has 0 saturated carbocycles. The molecular formula is C22H22F3N5O4. The number of nitro benzene ring substituents is 1. The number of nitrogens with zero attached hydrogens (tertiary/aromatic N) is 3. The van der Waals surface area contributed by atoms with E-state index in [-0.39, 0.29) is 18.7 Å². The maximum absolute atomic E-state index is 12.9. The van der Waals surface area contributed by atoms with Crippen molar-refractivity contribution < 1.29 is 27.6 Å². The summed E-state index contributed by atoms with van der Waals surface area (Å²) in [5, 5.41) is 16.8. The monoisotopic (exact) mass is 477 g/mol. The third kappa shape index (κ3) is 5.82. The number of nitrogens with one attached hydrogen (secondary N) is 2. The summed E-state index contributed by atoms with van der Waals surface area (Å²) in [7, 11) is 3.31. The molecule has 1 atom stereocenters. The molecule has 3 aromatic rings. The predicted octanol–water partition coefficient (Wildman–Crippen LogP) is 4.06. The molecule has 34 heavy (non-hydrogen) atoms. The Hall–Kier alpha value is -4.09. The highest BCUT2D eigenvalue weighted by molar-refractivity contribution is 5.77. The molecule has 0 aliphatic rings. The molecule has 0 aliphatic carbocycles. The Bertz CT molecular complexity index is 1180. The Balaban J connectivity index is 1.71. The van der Waals surface area contributed by atoms with E-state index in [1.165, 1.54) is 7.11 Å². The van der Waals surface area contributed by atoms with Crippen LogP contribution < -0.4 is 15.4 Å². The van der Waals surface area contributed by atoms with Crippen LogP contribution in [0.2, 0.25) is 0 Å². The largest absolute Gasteiger partial charge is 0.497 e. The van der Waals surface area contributed by atoms with Gasteiger partial charge in [-0.3, -0.25) is 14.9 Å². The first kappa shape index (κ1) is 24.6. The van der Waals surface area contributed by atoms with Crippen molar-refractivity contribution in [3.05, 3.63) is 81.9 Å². The van der Waals surface area contributed by atoms with Gasteiger partial charge in [-0.2, -0.15) is 13.2 Å². The van der Waals surface area contributed by atoms with Gasteiger partial charge in [0.05, 0.1) is 17.6 Å². The van der Waals surface area contributed by atoms with E-state index in [4.69, 9.17) is 4.74 Å². The van der Waals surface area contributed by atoms with Gasteiger partial charge in [-0.25, -0.2) is 4.98 Å². The van der Waals surface area contributed by atoms with E-state index in [2.05, 4.69) is 15.6 Å². The van der Waals surface area contributed by atoms with Crippen LogP contribution in [0.15, 0.2) is 54.9 Å². The highest BCUT2D eigenvalue weighted by Crippen LogP contribution is 2.35. The van der Waals surface area contributed by atoms with Crippen LogP contribution in [0.4, 0.5) is 24.5 Å². The number of anilines is 1. The van der Waals surface area contributed by atoms with Crippen LogP contribution in [0, 0.1) is 10.1 Å². The Kier molecular flexibility index (Phi) is 7.39. The zero-order valence-electron chi connectivity index (χ0n) is 18.3. The molecule has 0 radical (unpaired) electrons. The van der Waals surface area contributed by atoms with Gasteiger partial charge in [-0.1, -0.05) is 12.1 Å². The molecule has 2 aromatic carbocycles. The maximum Gasteiger partial charge on any atom is 0.416 e. The molecule has 0 aliphatic heterocycles. The lowest BCUT2D eigenvalue weighted by Crippen LogP contribution is -2.32. The van der Waals surface area contributed by atoms with Crippen LogP contribution >= 0.6 is 0 Å². The van der Waals surface area contributed by atoms with Gasteiger partial charge in [0.1, 0.15) is 23.3 Å². The topological polar surface area (TPSA) is 111 Å². The Morgan fingerprint density at radius 1 is 1.26 bits per heavy atom. The van der Waals surface area contributed by atoms with Crippen molar-refractivity contribution in [2.24, 2.45) is 7.05 Å². The van der Waals surface area contributed by atoms with Crippen molar-refractivity contribution in [1.82, 2.24) is 14.9 Å². The summed E-state index contributed by atoms with van der Waals surface area (Å²) >= 11 is 0. The van der Waals surface area contributed by atoms with Crippen molar-refractivity contribution in [3.8, 4) is 5.75 Å². The van der Waals surface area contributed by atoms with Crippen molar-refractivity contribution in [3.63, 3.8) is 0 Å². The van der Waals surface area contributed by atoms with E-state index < -0.39 is 34.3 Å². The lowest BCUT2D eigenvalue weighted by molar-refractivity contribution is -0.384. The van der Waals surface area contributed by atoms with Gasteiger partial charge in [0.2, 0.25) is 5.91 Å². The summed E-state index contributed by atoms with van der Waals surface area (Å²) in [5.74, 6) is 0.785. The number of methoxy groups -OCH3 is 1. The number of rotatable bonds is 9. The molecular weight excluding hydrogens is 455 g/mol. The number of carbonyl (C=O) groups is 1. The molecule has 0 spiro atoms. The first-order valence-corrected chi connectivity index (χ1v) is 10.1. The van der Waals surface area contributed by atoms with Crippen LogP contribution in [0.3, 0.4) is 0 Å². The molecule has 180 valence electrons. The zero-order valence-corrected chi connectivity index (χ0v) is 18.3. The molecule has 1 heterocycles. The number of nitro groups is 1. The first-order valence-electron chi connectivity index (χ1n) is 10.1. The molecule has 3 rings (SSSR count). The predicted molar refractivity (Wildman–Crippen MR) is 117 cm³/mol. The highest BCUT2D eigenvalue weighted by Gasteiger charge is 2.33. The lowest BCUT2D eigenvalue weighted by atomic mass is 10.1. The van der Waals surface area contributed by atoms with E-state index >= 15 is 0 Å². The molecule has 12 heteroatoms. The Morgan fingerprint density at radius 3 is 2.65 bits per heavy atom. The molecule has 1 aromatic heterocycles. The smallest absolute Gasteiger partial charge is 0.416 e. The van der Waals surface area contributed by atoms with E-state index in [1.54, 1.807) is 42.2 Å². The van der Waals surface area contributed by atoms with Crippen molar-refractivity contribution in [2.45, 2.75) is 18.6 Å². The summed E-state index contributed by atoms with van der Waals surface area (Å²) < 4.78 is 45.6. The number of hydrogen-bond donors (Lipinski definition) is 2. The summed E-state index contributed by atoms with van der Waals surface area (Å²) in [6.07, 6.45) is -1.47. The van der Waals surface area contributed by atoms with Crippen molar-refractivity contribution >= 4 is 17.3 Å². The van der Waals surface area contributed by atoms with Gasteiger partial charge in [0, 0.05) is 38.5 Å². The van der Waals surface area contributed by atoms with E-state index in [0.29, 0.717) is 17.6 Å². The van der Waals surface area contributed by atoms with E-state index in [0.717, 1.165) is 17.7 Å². The van der Waals surface area contributed by atoms with Crippen LogP contribution in [0.5, 0.6) is 5.75 Å². The molecule has 0 saturated heterocycles. The third-order valence-corrected chi connectivity index (χ3v) is 5.04. The van der Waals surface area contributed by atoms with Crippen LogP contribution in [0.25, 0.3) is 0 Å². The fourth-order valence-corrected chi connectivity index (χ4v) is 3.33. The minimum Gasteiger partial charge on any atom is -0.497 e. The number of hydrogen-bond acceptors (Lipinski definition) is 6. The standard InChI is InChI=1S/C22H22F3N5O4/c1-29-11-10-27-21(29)20(14-4-3-5-16(12-14)34-2)28-19(31)8-9-26-17-7-6-15(22(23,24)25)13-18(17)30(32)33/h3-7,10-13,20,26H,8-9H2,1-2H3,(H,28,31). The van der Waals surface area contributed by atoms with E-state index in [9.17, 15) is 28.1 Å². The normalized spacial score (nSPS) is 12.1. The third-order valence-electron chi connectivity index (χ3n) is 5.04. The van der Waals surface area contributed by atoms with Crippen molar-refractivity contribution in [2.75, 3.05) is 19.0 Å².